The molecular formula is C18H22O8. The van der Waals surface area contributed by atoms with Crippen molar-refractivity contribution in [2.75, 3.05) is 0 Å². The Labute approximate surface area is 150 Å². The maximum absolute atomic E-state index is 12.3. The van der Waals surface area contributed by atoms with Crippen molar-refractivity contribution in [1.82, 2.24) is 0 Å². The zero-order valence-electron chi connectivity index (χ0n) is 15.1. The van der Waals surface area contributed by atoms with E-state index < -0.39 is 58.3 Å². The van der Waals surface area contributed by atoms with E-state index in [1.54, 1.807) is 27.7 Å². The molecule has 0 aliphatic carbocycles. The number of hydrogen-bond acceptors (Lipinski definition) is 6. The van der Waals surface area contributed by atoms with Crippen molar-refractivity contribution in [2.24, 2.45) is 0 Å². The van der Waals surface area contributed by atoms with Crippen LogP contribution in [-0.4, -0.2) is 46.3 Å². The van der Waals surface area contributed by atoms with Gasteiger partial charge in [-0.15, -0.1) is 0 Å². The van der Waals surface area contributed by atoms with Crippen molar-refractivity contribution in [2.45, 2.75) is 52.7 Å². The van der Waals surface area contributed by atoms with Crippen LogP contribution in [0, 0.1) is 0 Å². The summed E-state index contributed by atoms with van der Waals surface area (Å²) < 4.78 is 10.2. The molecule has 0 fully saturated rings. The van der Waals surface area contributed by atoms with E-state index in [2.05, 4.69) is 0 Å². The Hall–Kier alpha value is -2.90. The van der Waals surface area contributed by atoms with Gasteiger partial charge in [0.25, 0.3) is 0 Å². The van der Waals surface area contributed by atoms with Crippen LogP contribution in [0.4, 0.5) is 0 Å². The molecule has 0 amide bonds. The summed E-state index contributed by atoms with van der Waals surface area (Å²) in [5.41, 5.74) is -1.93. The maximum atomic E-state index is 12.3. The van der Waals surface area contributed by atoms with E-state index in [1.807, 2.05) is 0 Å². The normalized spacial score (nSPS) is 12.8. The smallest absolute Gasteiger partial charge is 0.339 e. The average Bonchev–Trinajstić information content (AvgIpc) is 2.59. The number of carboxylic acids is 2. The Kier molecular flexibility index (Phi) is 7.30. The fraction of sp³-hybridized carbons (Fsp3) is 0.444. The van der Waals surface area contributed by atoms with E-state index in [1.165, 1.54) is 0 Å². The average molecular weight is 366 g/mol. The minimum Gasteiger partial charge on any atom is -0.478 e. The molecule has 1 rings (SSSR count). The second-order valence-electron chi connectivity index (χ2n) is 5.80. The molecule has 0 saturated carbocycles. The lowest BCUT2D eigenvalue weighted by atomic mass is 9.98. The summed E-state index contributed by atoms with van der Waals surface area (Å²) in [5, 5.41) is 18.6. The highest BCUT2D eigenvalue weighted by atomic mass is 16.5. The van der Waals surface area contributed by atoms with Gasteiger partial charge in [-0.1, -0.05) is 13.8 Å². The van der Waals surface area contributed by atoms with Gasteiger partial charge in [0.15, 0.2) is 0 Å². The van der Waals surface area contributed by atoms with Crippen LogP contribution in [0.3, 0.4) is 0 Å². The van der Waals surface area contributed by atoms with Crippen LogP contribution in [-0.2, 0) is 9.47 Å². The van der Waals surface area contributed by atoms with Gasteiger partial charge in [-0.25, -0.2) is 19.2 Å². The highest BCUT2D eigenvalue weighted by molar-refractivity contribution is 6.09. The van der Waals surface area contributed by atoms with Crippen molar-refractivity contribution in [3.05, 3.63) is 34.4 Å². The number of benzene rings is 1. The molecule has 0 spiro atoms. The molecule has 0 radical (unpaired) electrons. The van der Waals surface area contributed by atoms with Crippen LogP contribution in [0.5, 0.6) is 0 Å². The van der Waals surface area contributed by atoms with Gasteiger partial charge in [0, 0.05) is 0 Å². The highest BCUT2D eigenvalue weighted by Gasteiger charge is 2.28. The van der Waals surface area contributed by atoms with Crippen molar-refractivity contribution >= 4 is 23.9 Å². The van der Waals surface area contributed by atoms with Gasteiger partial charge in [-0.2, -0.15) is 0 Å². The monoisotopic (exact) mass is 366 g/mol. The van der Waals surface area contributed by atoms with Crippen LogP contribution in [0.1, 0.15) is 82.0 Å². The standard InChI is InChI=1S/C18H22O8/c1-5-9(3)25-17(23)13-8-14(18(24)26-10(4)6-2)12(16(21)22)7-11(13)15(19)20/h7-10H,5-6H2,1-4H3,(H,19,20)(H,21,22). The minimum absolute atomic E-state index is 0.404. The lowest BCUT2D eigenvalue weighted by Crippen LogP contribution is -2.22. The number of rotatable bonds is 8. The zero-order chi connectivity index (χ0) is 20.0. The number of carbonyl (C=O) groups excluding carboxylic acids is 2. The van der Waals surface area contributed by atoms with E-state index in [9.17, 15) is 29.4 Å². The first-order valence-electron chi connectivity index (χ1n) is 8.18. The summed E-state index contributed by atoms with van der Waals surface area (Å²) in [5.74, 6) is -4.92. The minimum atomic E-state index is -1.51. The predicted octanol–water partition coefficient (Wildman–Crippen LogP) is 2.99. The first kappa shape index (κ1) is 21.1. The molecule has 2 N–H and O–H groups in total. The molecule has 1 aromatic carbocycles. The number of carbonyl (C=O) groups is 4. The van der Waals surface area contributed by atoms with Crippen LogP contribution >= 0.6 is 0 Å². The Bertz CT molecular complexity index is 665. The molecule has 0 heterocycles. The van der Waals surface area contributed by atoms with Gasteiger partial charge in [-0.3, -0.25) is 0 Å². The van der Waals surface area contributed by atoms with Crippen LogP contribution in [0.25, 0.3) is 0 Å². The third-order valence-corrected chi connectivity index (χ3v) is 3.82. The van der Waals surface area contributed by atoms with Crippen molar-refractivity contribution in [3.8, 4) is 0 Å². The summed E-state index contributed by atoms with van der Waals surface area (Å²) >= 11 is 0. The molecule has 142 valence electrons. The van der Waals surface area contributed by atoms with Gasteiger partial charge in [0.05, 0.1) is 34.5 Å². The summed E-state index contributed by atoms with van der Waals surface area (Å²) in [7, 11) is 0. The van der Waals surface area contributed by atoms with E-state index in [4.69, 9.17) is 9.47 Å². The van der Waals surface area contributed by atoms with Gasteiger partial charge in [-0.05, 0) is 38.8 Å². The second-order valence-corrected chi connectivity index (χ2v) is 5.80. The number of aromatic carboxylic acids is 2. The number of hydrogen-bond donors (Lipinski definition) is 2. The molecule has 0 aromatic heterocycles. The molecule has 26 heavy (non-hydrogen) atoms. The number of esters is 2. The summed E-state index contributed by atoms with van der Waals surface area (Å²) in [4.78, 5) is 47.5. The molecule has 0 bridgehead atoms. The molecular weight excluding hydrogens is 344 g/mol. The summed E-state index contributed by atoms with van der Waals surface area (Å²) in [6.45, 7) is 6.81. The van der Waals surface area contributed by atoms with Crippen molar-refractivity contribution in [3.63, 3.8) is 0 Å². The fourth-order valence-corrected chi connectivity index (χ4v) is 1.95. The molecule has 0 aliphatic rings. The molecule has 8 heteroatoms. The van der Waals surface area contributed by atoms with E-state index in [-0.39, 0.29) is 0 Å². The van der Waals surface area contributed by atoms with Crippen LogP contribution < -0.4 is 0 Å². The fourth-order valence-electron chi connectivity index (χ4n) is 1.95. The summed E-state index contributed by atoms with van der Waals surface area (Å²) in [6, 6.07) is 1.67. The molecule has 2 atom stereocenters. The molecule has 2 unspecified atom stereocenters. The van der Waals surface area contributed by atoms with Crippen LogP contribution in [0.15, 0.2) is 12.1 Å². The first-order valence-corrected chi connectivity index (χ1v) is 8.18. The quantitative estimate of drug-likeness (QED) is 0.672. The van der Waals surface area contributed by atoms with E-state index in [0.29, 0.717) is 12.8 Å². The largest absolute Gasteiger partial charge is 0.478 e. The number of ether oxygens (including phenoxy) is 2. The van der Waals surface area contributed by atoms with E-state index in [0.717, 1.165) is 12.1 Å². The SMILES string of the molecule is CCC(C)OC(=O)c1cc(C(=O)OC(C)CC)c(C(=O)O)cc1C(=O)O. The van der Waals surface area contributed by atoms with Gasteiger partial charge in [0.1, 0.15) is 0 Å². The third kappa shape index (κ3) is 5.05. The zero-order valence-corrected chi connectivity index (χ0v) is 15.1. The molecule has 0 saturated heterocycles. The van der Waals surface area contributed by atoms with Gasteiger partial charge >= 0.3 is 23.9 Å². The Balaban J connectivity index is 3.51. The number of carboxylic acid groups (broad SMARTS) is 2. The second kappa shape index (κ2) is 8.98. The van der Waals surface area contributed by atoms with Gasteiger partial charge < -0.3 is 19.7 Å². The van der Waals surface area contributed by atoms with Crippen molar-refractivity contribution in [1.29, 1.82) is 0 Å². The first-order chi connectivity index (χ1) is 12.1. The Morgan fingerprint density at radius 3 is 1.35 bits per heavy atom. The highest BCUT2D eigenvalue weighted by Crippen LogP contribution is 2.21. The Morgan fingerprint density at radius 1 is 0.769 bits per heavy atom. The molecule has 8 nitrogen and oxygen atoms in total. The molecule has 0 aliphatic heterocycles. The van der Waals surface area contributed by atoms with Gasteiger partial charge in [0.2, 0.25) is 0 Å². The van der Waals surface area contributed by atoms with Crippen LogP contribution in [0.2, 0.25) is 0 Å². The lowest BCUT2D eigenvalue weighted by molar-refractivity contribution is 0.0323. The summed E-state index contributed by atoms with van der Waals surface area (Å²) in [6.07, 6.45) is 0.0618. The topological polar surface area (TPSA) is 127 Å². The lowest BCUT2D eigenvalue weighted by Gasteiger charge is -2.16. The van der Waals surface area contributed by atoms with E-state index >= 15 is 0 Å². The van der Waals surface area contributed by atoms with Crippen molar-refractivity contribution < 1.29 is 38.9 Å². The Morgan fingerprint density at radius 2 is 1.08 bits per heavy atom. The maximum Gasteiger partial charge on any atom is 0.339 e. The third-order valence-electron chi connectivity index (χ3n) is 3.82. The molecule has 1 aromatic rings. The predicted molar refractivity (Wildman–Crippen MR) is 90.7 cm³/mol.